The van der Waals surface area contributed by atoms with Gasteiger partial charge in [-0.15, -0.1) is 0 Å². The summed E-state index contributed by atoms with van der Waals surface area (Å²) < 4.78 is 52.8. The largest absolute Gasteiger partial charge is 0.309 e. The molecule has 0 aliphatic carbocycles. The van der Waals surface area contributed by atoms with Gasteiger partial charge in [-0.1, -0.05) is 13.0 Å². The minimum atomic E-state index is -2.78. The summed E-state index contributed by atoms with van der Waals surface area (Å²) in [7, 11) is 0. The molecular weight excluding hydrogens is 234 g/mol. The first kappa shape index (κ1) is 12.4. The molecule has 0 radical (unpaired) electrons. The zero-order valence-electron chi connectivity index (χ0n) is 9.31. The van der Waals surface area contributed by atoms with Crippen LogP contribution in [0.4, 0.5) is 17.6 Å². The Bertz CT molecular complexity index is 419. The first-order valence-electron chi connectivity index (χ1n) is 5.46. The molecule has 1 heterocycles. The second kappa shape index (κ2) is 4.29. The van der Waals surface area contributed by atoms with Crippen LogP contribution in [-0.4, -0.2) is 12.5 Å². The van der Waals surface area contributed by atoms with Gasteiger partial charge in [0.25, 0.3) is 5.92 Å². The summed E-state index contributed by atoms with van der Waals surface area (Å²) in [5.74, 6) is -5.50. The number of benzene rings is 1. The Morgan fingerprint density at radius 1 is 1.24 bits per heavy atom. The fraction of sp³-hybridized carbons (Fsp3) is 0.500. The predicted molar refractivity (Wildman–Crippen MR) is 55.8 cm³/mol. The van der Waals surface area contributed by atoms with Gasteiger partial charge in [-0.25, -0.2) is 17.6 Å². The minimum absolute atomic E-state index is 0.163. The van der Waals surface area contributed by atoms with Crippen LogP contribution in [0, 0.1) is 17.6 Å². The van der Waals surface area contributed by atoms with Gasteiger partial charge < -0.3 is 5.32 Å². The highest BCUT2D eigenvalue weighted by Gasteiger charge is 2.42. The maximum atomic E-state index is 13.5. The molecule has 1 saturated heterocycles. The molecule has 1 fully saturated rings. The number of piperidine rings is 1. The number of rotatable bonds is 1. The second-order valence-electron chi connectivity index (χ2n) is 4.50. The number of hydrogen-bond donors (Lipinski definition) is 1. The highest BCUT2D eigenvalue weighted by Crippen LogP contribution is 2.38. The van der Waals surface area contributed by atoms with Crippen molar-refractivity contribution in [2.24, 2.45) is 5.92 Å². The van der Waals surface area contributed by atoms with E-state index in [1.807, 2.05) is 0 Å². The zero-order valence-corrected chi connectivity index (χ0v) is 9.31. The summed E-state index contributed by atoms with van der Waals surface area (Å²) >= 11 is 0. The molecule has 0 spiro atoms. The monoisotopic (exact) mass is 247 g/mol. The lowest BCUT2D eigenvalue weighted by atomic mass is 9.88. The summed E-state index contributed by atoms with van der Waals surface area (Å²) in [6.45, 7) is 1.63. The number of hydrogen-bond acceptors (Lipinski definition) is 1. The topological polar surface area (TPSA) is 12.0 Å². The van der Waals surface area contributed by atoms with Gasteiger partial charge >= 0.3 is 0 Å². The number of nitrogens with one attached hydrogen (secondary N) is 1. The Morgan fingerprint density at radius 2 is 1.94 bits per heavy atom. The molecule has 0 unspecified atom stereocenters. The fourth-order valence-corrected chi connectivity index (χ4v) is 1.98. The Morgan fingerprint density at radius 3 is 2.53 bits per heavy atom. The van der Waals surface area contributed by atoms with E-state index in [9.17, 15) is 17.6 Å². The lowest BCUT2D eigenvalue weighted by Gasteiger charge is -2.35. The van der Waals surface area contributed by atoms with Gasteiger partial charge in [-0.05, 0) is 17.7 Å². The molecule has 1 aliphatic rings. The third-order valence-electron chi connectivity index (χ3n) is 3.21. The van der Waals surface area contributed by atoms with Gasteiger partial charge in [0.1, 0.15) is 0 Å². The second-order valence-corrected chi connectivity index (χ2v) is 4.50. The summed E-state index contributed by atoms with van der Waals surface area (Å²) in [6.07, 6.45) is -0.390. The van der Waals surface area contributed by atoms with Gasteiger partial charge in [0, 0.05) is 24.9 Å². The van der Waals surface area contributed by atoms with E-state index in [1.165, 1.54) is 13.0 Å². The number of halogens is 4. The molecule has 1 aromatic rings. The average Bonchev–Trinajstić information content (AvgIpc) is 2.26. The van der Waals surface area contributed by atoms with Crippen LogP contribution in [0.3, 0.4) is 0 Å². The van der Waals surface area contributed by atoms with E-state index >= 15 is 0 Å². The number of alkyl halides is 2. The van der Waals surface area contributed by atoms with E-state index < -0.39 is 29.5 Å². The van der Waals surface area contributed by atoms with Crippen LogP contribution >= 0.6 is 0 Å². The van der Waals surface area contributed by atoms with Crippen molar-refractivity contribution in [3.8, 4) is 0 Å². The molecule has 1 nitrogen and oxygen atoms in total. The van der Waals surface area contributed by atoms with Crippen molar-refractivity contribution in [2.75, 3.05) is 6.54 Å². The van der Waals surface area contributed by atoms with Crippen molar-refractivity contribution in [1.29, 1.82) is 0 Å². The van der Waals surface area contributed by atoms with Crippen LogP contribution in [0.5, 0.6) is 0 Å². The first-order chi connectivity index (χ1) is 7.90. The first-order valence-corrected chi connectivity index (χ1v) is 5.46. The summed E-state index contributed by atoms with van der Waals surface area (Å²) in [5.41, 5.74) is 0.357. The van der Waals surface area contributed by atoms with E-state index in [0.29, 0.717) is 5.56 Å². The smallest absolute Gasteiger partial charge is 0.253 e. The van der Waals surface area contributed by atoms with Crippen LogP contribution in [0.25, 0.3) is 0 Å². The van der Waals surface area contributed by atoms with Crippen LogP contribution in [-0.2, 0) is 0 Å². The lowest BCUT2D eigenvalue weighted by Crippen LogP contribution is -2.45. The van der Waals surface area contributed by atoms with Gasteiger partial charge in [-0.3, -0.25) is 0 Å². The molecule has 2 rings (SSSR count). The van der Waals surface area contributed by atoms with E-state index in [2.05, 4.69) is 5.32 Å². The quantitative estimate of drug-likeness (QED) is 0.751. The highest BCUT2D eigenvalue weighted by molar-refractivity contribution is 5.22. The standard InChI is InChI=1S/C12H13F4N/c1-7-6-17-11(5-12(7,15)16)8-2-3-9(13)10(14)4-8/h2-4,7,11,17H,5-6H2,1H3/t7-,11-/m1/s1. The normalized spacial score (nSPS) is 28.1. The molecule has 0 aromatic heterocycles. The van der Waals surface area contributed by atoms with Crippen LogP contribution < -0.4 is 5.32 Å². The van der Waals surface area contributed by atoms with Crippen molar-refractivity contribution in [2.45, 2.75) is 25.3 Å². The van der Waals surface area contributed by atoms with E-state index in [0.717, 1.165) is 12.1 Å². The minimum Gasteiger partial charge on any atom is -0.309 e. The van der Waals surface area contributed by atoms with Crippen molar-refractivity contribution in [1.82, 2.24) is 5.32 Å². The molecular formula is C12H13F4N. The third-order valence-corrected chi connectivity index (χ3v) is 3.21. The Hall–Kier alpha value is -1.10. The van der Waals surface area contributed by atoms with E-state index in [4.69, 9.17) is 0 Å². The molecule has 1 N–H and O–H groups in total. The highest BCUT2D eigenvalue weighted by atomic mass is 19.3. The van der Waals surface area contributed by atoms with Crippen LogP contribution in [0.2, 0.25) is 0 Å². The van der Waals surface area contributed by atoms with Crippen molar-refractivity contribution in [3.63, 3.8) is 0 Å². The summed E-state index contributed by atoms with van der Waals surface area (Å²) in [4.78, 5) is 0. The van der Waals surface area contributed by atoms with Crippen molar-refractivity contribution < 1.29 is 17.6 Å². The van der Waals surface area contributed by atoms with Gasteiger partial charge in [0.2, 0.25) is 0 Å². The SMILES string of the molecule is C[C@@H]1CN[C@@H](c2ccc(F)c(F)c2)CC1(F)F. The molecule has 0 amide bonds. The third kappa shape index (κ3) is 2.44. The van der Waals surface area contributed by atoms with Gasteiger partial charge in [0.05, 0.1) is 0 Å². The Balaban J connectivity index is 2.21. The zero-order chi connectivity index (χ0) is 12.6. The summed E-state index contributed by atoms with van der Waals surface area (Å²) in [5, 5.41) is 2.92. The molecule has 1 aromatic carbocycles. The van der Waals surface area contributed by atoms with E-state index in [-0.39, 0.29) is 13.0 Å². The van der Waals surface area contributed by atoms with Crippen molar-refractivity contribution in [3.05, 3.63) is 35.4 Å². The van der Waals surface area contributed by atoms with Gasteiger partial charge in [0.15, 0.2) is 11.6 Å². The van der Waals surface area contributed by atoms with Gasteiger partial charge in [-0.2, -0.15) is 0 Å². The average molecular weight is 247 g/mol. The van der Waals surface area contributed by atoms with Crippen LogP contribution in [0.15, 0.2) is 18.2 Å². The fourth-order valence-electron chi connectivity index (χ4n) is 1.98. The predicted octanol–water partition coefficient (Wildman–Crippen LogP) is 3.27. The van der Waals surface area contributed by atoms with Crippen LogP contribution in [0.1, 0.15) is 24.9 Å². The molecule has 2 atom stereocenters. The lowest BCUT2D eigenvalue weighted by molar-refractivity contribution is -0.0841. The molecule has 5 heteroatoms. The molecule has 0 saturated carbocycles. The molecule has 1 aliphatic heterocycles. The molecule has 17 heavy (non-hydrogen) atoms. The Kier molecular flexibility index (Phi) is 3.12. The summed E-state index contributed by atoms with van der Waals surface area (Å²) in [6, 6.07) is 2.64. The Labute approximate surface area is 96.8 Å². The maximum absolute atomic E-state index is 13.5. The maximum Gasteiger partial charge on any atom is 0.253 e. The van der Waals surface area contributed by atoms with E-state index in [1.54, 1.807) is 0 Å². The van der Waals surface area contributed by atoms with Crippen molar-refractivity contribution >= 4 is 0 Å². The molecule has 0 bridgehead atoms. The molecule has 94 valence electrons.